The molecule has 2 aromatic heterocycles. The summed E-state index contributed by atoms with van der Waals surface area (Å²) in [5.41, 5.74) is 1.02. The molecule has 2 aromatic rings. The van der Waals surface area contributed by atoms with E-state index < -0.39 is 0 Å². The van der Waals surface area contributed by atoms with E-state index in [1.807, 2.05) is 9.80 Å². The van der Waals surface area contributed by atoms with Crippen LogP contribution in [0.4, 0.5) is 0 Å². The van der Waals surface area contributed by atoms with Gasteiger partial charge in [0.1, 0.15) is 10.6 Å². The van der Waals surface area contributed by atoms with E-state index in [0.717, 1.165) is 24.4 Å². The summed E-state index contributed by atoms with van der Waals surface area (Å²) in [6.45, 7) is 3.65. The molecule has 3 aliphatic rings. The molecule has 0 N–H and O–H groups in total. The molecular weight excluding hydrogens is 340 g/mol. The van der Waals surface area contributed by atoms with Crippen LogP contribution in [0.25, 0.3) is 0 Å². The molecule has 9 heteroatoms. The molecule has 8 nitrogen and oxygen atoms in total. The Balaban J connectivity index is 1.56. The zero-order valence-corrected chi connectivity index (χ0v) is 14.6. The molecule has 130 valence electrons. The number of piperidine rings is 1. The lowest BCUT2D eigenvalue weighted by molar-refractivity contribution is 0.0577. The van der Waals surface area contributed by atoms with Crippen LogP contribution in [-0.2, 0) is 0 Å². The Morgan fingerprint density at radius 2 is 2.04 bits per heavy atom. The van der Waals surface area contributed by atoms with E-state index in [1.54, 1.807) is 13.1 Å². The van der Waals surface area contributed by atoms with Gasteiger partial charge in [0.05, 0.1) is 11.9 Å². The van der Waals surface area contributed by atoms with Crippen molar-refractivity contribution in [1.82, 2.24) is 29.4 Å². The summed E-state index contributed by atoms with van der Waals surface area (Å²) in [5.74, 6) is 0.149. The molecule has 25 heavy (non-hydrogen) atoms. The van der Waals surface area contributed by atoms with Crippen LogP contribution < -0.4 is 0 Å². The van der Waals surface area contributed by atoms with Crippen molar-refractivity contribution in [3.8, 4) is 0 Å². The Morgan fingerprint density at radius 3 is 2.76 bits per heavy atom. The summed E-state index contributed by atoms with van der Waals surface area (Å²) in [5, 5.41) is 3.94. The lowest BCUT2D eigenvalue weighted by Gasteiger charge is -2.35. The molecule has 2 atom stereocenters. The quantitative estimate of drug-likeness (QED) is 0.796. The minimum absolute atomic E-state index is 0.0176. The van der Waals surface area contributed by atoms with E-state index in [9.17, 15) is 9.59 Å². The first-order valence-corrected chi connectivity index (χ1v) is 9.06. The number of hydrogen-bond donors (Lipinski definition) is 0. The van der Waals surface area contributed by atoms with E-state index in [0.29, 0.717) is 35.9 Å². The van der Waals surface area contributed by atoms with Gasteiger partial charge in [-0.3, -0.25) is 14.6 Å². The highest BCUT2D eigenvalue weighted by atomic mass is 32.1. The average molecular weight is 358 g/mol. The second-order valence-corrected chi connectivity index (χ2v) is 7.30. The number of nitrogens with zero attached hydrogens (tertiary/aromatic N) is 6. The molecule has 0 spiro atoms. The Kier molecular flexibility index (Phi) is 4.16. The highest BCUT2D eigenvalue weighted by Gasteiger charge is 2.40. The third-order valence-corrected chi connectivity index (χ3v) is 5.71. The normalized spacial score (nSPS) is 22.8. The molecule has 0 aromatic carbocycles. The molecule has 5 rings (SSSR count). The second-order valence-electron chi connectivity index (χ2n) is 6.54. The molecule has 5 heterocycles. The van der Waals surface area contributed by atoms with Crippen LogP contribution in [0.5, 0.6) is 0 Å². The fourth-order valence-corrected chi connectivity index (χ4v) is 4.24. The van der Waals surface area contributed by atoms with Gasteiger partial charge in [0.2, 0.25) is 0 Å². The van der Waals surface area contributed by atoms with Gasteiger partial charge in [-0.15, -0.1) is 5.10 Å². The molecule has 0 radical (unpaired) electrons. The van der Waals surface area contributed by atoms with Crippen molar-refractivity contribution in [2.45, 2.75) is 25.8 Å². The van der Waals surface area contributed by atoms with E-state index in [1.165, 1.54) is 12.4 Å². The third kappa shape index (κ3) is 2.99. The van der Waals surface area contributed by atoms with Gasteiger partial charge in [0.15, 0.2) is 0 Å². The molecule has 2 bridgehead atoms. The van der Waals surface area contributed by atoms with Gasteiger partial charge in [-0.1, -0.05) is 4.49 Å². The van der Waals surface area contributed by atoms with Gasteiger partial charge in [0, 0.05) is 38.1 Å². The average Bonchev–Trinajstić information content (AvgIpc) is 2.87. The second kappa shape index (κ2) is 6.47. The van der Waals surface area contributed by atoms with Crippen LogP contribution in [-0.4, -0.2) is 66.8 Å². The van der Waals surface area contributed by atoms with Gasteiger partial charge in [-0.2, -0.15) is 0 Å². The topological polar surface area (TPSA) is 92.2 Å². The minimum atomic E-state index is -0.116. The van der Waals surface area contributed by atoms with Crippen LogP contribution in [0.15, 0.2) is 18.6 Å². The van der Waals surface area contributed by atoms with Gasteiger partial charge < -0.3 is 9.80 Å². The molecule has 0 unspecified atom stereocenters. The molecular formula is C16H18N6O2S. The van der Waals surface area contributed by atoms with Crippen LogP contribution in [0, 0.1) is 12.8 Å². The van der Waals surface area contributed by atoms with Gasteiger partial charge >= 0.3 is 0 Å². The zero-order valence-electron chi connectivity index (χ0n) is 13.8. The fourth-order valence-electron chi connectivity index (χ4n) is 3.63. The highest BCUT2D eigenvalue weighted by molar-refractivity contribution is 7.07. The first kappa shape index (κ1) is 16.1. The number of amides is 2. The van der Waals surface area contributed by atoms with Crippen molar-refractivity contribution in [2.75, 3.05) is 19.6 Å². The number of carbonyl (C=O) groups excluding carboxylic acids is 2. The fraction of sp³-hybridized carbons (Fsp3) is 0.500. The van der Waals surface area contributed by atoms with Crippen LogP contribution >= 0.6 is 11.5 Å². The number of aryl methyl sites for hydroxylation is 1. The van der Waals surface area contributed by atoms with Crippen molar-refractivity contribution >= 4 is 23.3 Å². The Bertz CT molecular complexity index is 795. The summed E-state index contributed by atoms with van der Waals surface area (Å²) in [6.07, 6.45) is 6.50. The number of rotatable bonds is 2. The summed E-state index contributed by atoms with van der Waals surface area (Å²) < 4.78 is 3.87. The Labute approximate surface area is 149 Å². The largest absolute Gasteiger partial charge is 0.335 e. The Morgan fingerprint density at radius 1 is 1.16 bits per heavy atom. The predicted octanol–water partition coefficient (Wildman–Crippen LogP) is 1.01. The van der Waals surface area contributed by atoms with Gasteiger partial charge in [-0.25, -0.2) is 4.98 Å². The smallest absolute Gasteiger partial charge is 0.274 e. The molecule has 3 saturated heterocycles. The monoisotopic (exact) mass is 358 g/mol. The molecule has 0 aliphatic carbocycles. The Hall–Kier alpha value is -2.42. The standard InChI is InChI=1S/C16H18N6O2S/c1-10-14(25-20-19-10)16(24)22-8-11-2-3-12(22)9-21(7-11)15(23)13-6-17-4-5-18-13/h4-6,11-12H,2-3,7-9H2,1H3/t11-,12+/m0/s1. The molecule has 0 saturated carbocycles. The lowest BCUT2D eigenvalue weighted by Crippen LogP contribution is -2.47. The summed E-state index contributed by atoms with van der Waals surface area (Å²) in [6, 6.07) is 0.0216. The minimum Gasteiger partial charge on any atom is -0.335 e. The number of hydrogen-bond acceptors (Lipinski definition) is 7. The van der Waals surface area contributed by atoms with Crippen LogP contribution in [0.2, 0.25) is 0 Å². The maximum atomic E-state index is 12.9. The number of carbonyl (C=O) groups is 2. The van der Waals surface area contributed by atoms with Crippen molar-refractivity contribution in [2.24, 2.45) is 5.92 Å². The summed E-state index contributed by atoms with van der Waals surface area (Å²) >= 11 is 1.14. The maximum absolute atomic E-state index is 12.9. The van der Waals surface area contributed by atoms with E-state index >= 15 is 0 Å². The molecule has 3 fully saturated rings. The summed E-state index contributed by atoms with van der Waals surface area (Å²) in [7, 11) is 0. The third-order valence-electron chi connectivity index (χ3n) is 4.89. The number of aromatic nitrogens is 4. The van der Waals surface area contributed by atoms with Crippen molar-refractivity contribution in [3.05, 3.63) is 34.9 Å². The number of fused-ring (bicyclic) bond motifs is 4. The first-order valence-electron chi connectivity index (χ1n) is 8.28. The van der Waals surface area contributed by atoms with E-state index in [2.05, 4.69) is 19.6 Å². The van der Waals surface area contributed by atoms with Crippen LogP contribution in [0.3, 0.4) is 0 Å². The van der Waals surface area contributed by atoms with Crippen molar-refractivity contribution in [1.29, 1.82) is 0 Å². The maximum Gasteiger partial charge on any atom is 0.274 e. The van der Waals surface area contributed by atoms with Gasteiger partial charge in [0.25, 0.3) is 11.8 Å². The first-order chi connectivity index (χ1) is 12.1. The van der Waals surface area contributed by atoms with Gasteiger partial charge in [-0.05, 0) is 37.2 Å². The van der Waals surface area contributed by atoms with E-state index in [-0.39, 0.29) is 23.8 Å². The lowest BCUT2D eigenvalue weighted by atomic mass is 9.95. The van der Waals surface area contributed by atoms with Crippen LogP contribution in [0.1, 0.15) is 38.7 Å². The zero-order chi connectivity index (χ0) is 17.4. The summed E-state index contributed by atoms with van der Waals surface area (Å²) in [4.78, 5) is 38.0. The molecule has 2 amide bonds. The van der Waals surface area contributed by atoms with E-state index in [4.69, 9.17) is 0 Å². The SMILES string of the molecule is Cc1nnsc1C(=O)N1C[C@H]2CC[C@@H]1CN(C(=O)c1cnccn1)C2. The predicted molar refractivity (Wildman–Crippen MR) is 90.1 cm³/mol. The van der Waals surface area contributed by atoms with Crippen molar-refractivity contribution < 1.29 is 9.59 Å². The highest BCUT2D eigenvalue weighted by Crippen LogP contribution is 2.30. The molecule has 3 aliphatic heterocycles. The van der Waals surface area contributed by atoms with Crippen molar-refractivity contribution in [3.63, 3.8) is 0 Å².